The molecule has 2 N–H and O–H groups in total. The predicted molar refractivity (Wildman–Crippen MR) is 74.0 cm³/mol. The largest absolute Gasteiger partial charge is 0.356 e. The van der Waals surface area contributed by atoms with Crippen LogP contribution < -0.4 is 10.6 Å². The number of rotatable bonds is 7. The van der Waals surface area contributed by atoms with E-state index in [4.69, 9.17) is 0 Å². The van der Waals surface area contributed by atoms with E-state index in [0.717, 1.165) is 18.5 Å². The van der Waals surface area contributed by atoms with Crippen molar-refractivity contribution in [2.75, 3.05) is 20.1 Å². The fourth-order valence-electron chi connectivity index (χ4n) is 1.56. The quantitative estimate of drug-likeness (QED) is 0.758. The minimum atomic E-state index is -0.269. The number of halogens is 2. The maximum absolute atomic E-state index is 13.0. The third-order valence-corrected chi connectivity index (χ3v) is 3.16. The molecule has 5 heteroatoms. The Labute approximate surface area is 115 Å². The van der Waals surface area contributed by atoms with Crippen molar-refractivity contribution in [1.29, 1.82) is 0 Å². The molecule has 0 saturated carbocycles. The zero-order chi connectivity index (χ0) is 13.4. The zero-order valence-corrected chi connectivity index (χ0v) is 12.0. The lowest BCUT2D eigenvalue weighted by Crippen LogP contribution is -2.26. The van der Waals surface area contributed by atoms with Gasteiger partial charge in [0, 0.05) is 13.0 Å². The molecule has 1 aromatic carbocycles. The highest BCUT2D eigenvalue weighted by molar-refractivity contribution is 9.10. The monoisotopic (exact) mass is 316 g/mol. The molecule has 0 bridgehead atoms. The molecule has 18 heavy (non-hydrogen) atoms. The lowest BCUT2D eigenvalue weighted by atomic mass is 10.1. The molecule has 0 saturated heterocycles. The third-order valence-electron chi connectivity index (χ3n) is 2.55. The van der Waals surface area contributed by atoms with E-state index in [0.29, 0.717) is 23.9 Å². The Bertz CT molecular complexity index is 399. The van der Waals surface area contributed by atoms with Gasteiger partial charge >= 0.3 is 0 Å². The van der Waals surface area contributed by atoms with Gasteiger partial charge in [0.25, 0.3) is 0 Å². The second-order valence-corrected chi connectivity index (χ2v) is 4.91. The fourth-order valence-corrected chi connectivity index (χ4v) is 1.98. The van der Waals surface area contributed by atoms with Gasteiger partial charge in [-0.3, -0.25) is 4.79 Å². The van der Waals surface area contributed by atoms with Gasteiger partial charge < -0.3 is 10.6 Å². The first-order valence-electron chi connectivity index (χ1n) is 5.98. The number of carbonyl (C=O) groups is 1. The van der Waals surface area contributed by atoms with Crippen molar-refractivity contribution in [1.82, 2.24) is 10.6 Å². The van der Waals surface area contributed by atoms with Crippen LogP contribution in [0.3, 0.4) is 0 Å². The molecule has 0 aliphatic heterocycles. The van der Waals surface area contributed by atoms with E-state index in [2.05, 4.69) is 26.6 Å². The van der Waals surface area contributed by atoms with Crippen LogP contribution in [0.1, 0.15) is 18.4 Å². The average Bonchev–Trinajstić information content (AvgIpc) is 2.34. The second kappa shape index (κ2) is 8.21. The lowest BCUT2D eigenvalue weighted by molar-refractivity contribution is -0.121. The van der Waals surface area contributed by atoms with Crippen molar-refractivity contribution in [2.45, 2.75) is 19.3 Å². The summed E-state index contributed by atoms with van der Waals surface area (Å²) in [6, 6.07) is 4.89. The van der Waals surface area contributed by atoms with E-state index in [1.54, 1.807) is 12.1 Å². The van der Waals surface area contributed by atoms with Gasteiger partial charge in [-0.05, 0) is 60.1 Å². The number of amides is 1. The van der Waals surface area contributed by atoms with Gasteiger partial charge in [0.15, 0.2) is 0 Å². The molecular formula is C13H18BrFN2O. The molecule has 0 aliphatic rings. The standard InChI is InChI=1S/C13H18BrFN2O/c1-16-7-2-3-13(18)17-8-6-10-4-5-12(15)11(14)9-10/h4-5,9,16H,2-3,6-8H2,1H3,(H,17,18). The maximum atomic E-state index is 13.0. The summed E-state index contributed by atoms with van der Waals surface area (Å²) in [6.07, 6.45) is 2.08. The molecule has 1 rings (SSSR count). The summed E-state index contributed by atoms with van der Waals surface area (Å²) in [4.78, 5) is 11.4. The molecule has 0 spiro atoms. The zero-order valence-electron chi connectivity index (χ0n) is 10.4. The van der Waals surface area contributed by atoms with E-state index in [1.165, 1.54) is 6.07 Å². The summed E-state index contributed by atoms with van der Waals surface area (Å²) in [5.74, 6) is -0.207. The van der Waals surface area contributed by atoms with E-state index in [1.807, 2.05) is 7.05 Å². The van der Waals surface area contributed by atoms with Gasteiger partial charge in [-0.15, -0.1) is 0 Å². The molecule has 0 atom stereocenters. The number of nitrogens with one attached hydrogen (secondary N) is 2. The highest BCUT2D eigenvalue weighted by Gasteiger charge is 2.02. The number of hydrogen-bond acceptors (Lipinski definition) is 2. The predicted octanol–water partition coefficient (Wildman–Crippen LogP) is 2.25. The molecule has 0 fully saturated rings. The first-order valence-corrected chi connectivity index (χ1v) is 6.78. The van der Waals surface area contributed by atoms with E-state index in [9.17, 15) is 9.18 Å². The summed E-state index contributed by atoms with van der Waals surface area (Å²) >= 11 is 3.14. The Morgan fingerprint density at radius 1 is 1.39 bits per heavy atom. The van der Waals surface area contributed by atoms with Crippen LogP contribution in [0.2, 0.25) is 0 Å². The van der Waals surface area contributed by atoms with Crippen LogP contribution in [0.4, 0.5) is 4.39 Å². The Morgan fingerprint density at radius 2 is 2.17 bits per heavy atom. The van der Waals surface area contributed by atoms with Crippen molar-refractivity contribution in [3.05, 3.63) is 34.1 Å². The maximum Gasteiger partial charge on any atom is 0.220 e. The second-order valence-electron chi connectivity index (χ2n) is 4.06. The smallest absolute Gasteiger partial charge is 0.220 e. The van der Waals surface area contributed by atoms with Crippen LogP contribution in [0.15, 0.2) is 22.7 Å². The van der Waals surface area contributed by atoms with Crippen LogP contribution in [0, 0.1) is 5.82 Å². The van der Waals surface area contributed by atoms with Gasteiger partial charge in [-0.1, -0.05) is 6.07 Å². The van der Waals surface area contributed by atoms with E-state index >= 15 is 0 Å². The first kappa shape index (κ1) is 15.1. The van der Waals surface area contributed by atoms with Crippen LogP contribution in [-0.2, 0) is 11.2 Å². The normalized spacial score (nSPS) is 10.4. The Balaban J connectivity index is 2.24. The van der Waals surface area contributed by atoms with Gasteiger partial charge in [0.2, 0.25) is 5.91 Å². The summed E-state index contributed by atoms with van der Waals surface area (Å²) in [7, 11) is 1.87. The first-order chi connectivity index (χ1) is 8.63. The molecular weight excluding hydrogens is 299 g/mol. The molecule has 0 radical (unpaired) electrons. The van der Waals surface area contributed by atoms with Crippen LogP contribution in [-0.4, -0.2) is 26.0 Å². The number of hydrogen-bond donors (Lipinski definition) is 2. The average molecular weight is 317 g/mol. The molecule has 0 heterocycles. The van der Waals surface area contributed by atoms with E-state index < -0.39 is 0 Å². The van der Waals surface area contributed by atoms with Gasteiger partial charge in [0.05, 0.1) is 4.47 Å². The SMILES string of the molecule is CNCCCC(=O)NCCc1ccc(F)c(Br)c1. The highest BCUT2D eigenvalue weighted by atomic mass is 79.9. The summed E-state index contributed by atoms with van der Waals surface area (Å²) in [5.41, 5.74) is 0.999. The minimum absolute atomic E-state index is 0.0615. The Kier molecular flexibility index (Phi) is 6.90. The topological polar surface area (TPSA) is 41.1 Å². The lowest BCUT2D eigenvalue weighted by Gasteiger charge is -2.06. The van der Waals surface area contributed by atoms with Gasteiger partial charge in [-0.25, -0.2) is 4.39 Å². The minimum Gasteiger partial charge on any atom is -0.356 e. The van der Waals surface area contributed by atoms with Gasteiger partial charge in [0.1, 0.15) is 5.82 Å². The van der Waals surface area contributed by atoms with E-state index in [-0.39, 0.29) is 11.7 Å². The van der Waals surface area contributed by atoms with Crippen LogP contribution >= 0.6 is 15.9 Å². The highest BCUT2D eigenvalue weighted by Crippen LogP contribution is 2.16. The fraction of sp³-hybridized carbons (Fsp3) is 0.462. The summed E-state index contributed by atoms with van der Waals surface area (Å²) < 4.78 is 13.5. The third kappa shape index (κ3) is 5.60. The molecule has 0 aromatic heterocycles. The molecule has 3 nitrogen and oxygen atoms in total. The van der Waals surface area contributed by atoms with Crippen molar-refractivity contribution in [3.8, 4) is 0 Å². The Hall–Kier alpha value is -0.940. The summed E-state index contributed by atoms with van der Waals surface area (Å²) in [5, 5.41) is 5.84. The molecule has 1 amide bonds. The van der Waals surface area contributed by atoms with Gasteiger partial charge in [-0.2, -0.15) is 0 Å². The van der Waals surface area contributed by atoms with Crippen molar-refractivity contribution in [3.63, 3.8) is 0 Å². The van der Waals surface area contributed by atoms with Crippen molar-refractivity contribution < 1.29 is 9.18 Å². The molecule has 1 aromatic rings. The number of carbonyl (C=O) groups excluding carboxylic acids is 1. The van der Waals surface area contributed by atoms with Crippen LogP contribution in [0.25, 0.3) is 0 Å². The molecule has 100 valence electrons. The molecule has 0 unspecified atom stereocenters. The van der Waals surface area contributed by atoms with Crippen molar-refractivity contribution >= 4 is 21.8 Å². The summed E-state index contributed by atoms with van der Waals surface area (Å²) in [6.45, 7) is 1.43. The Morgan fingerprint density at radius 3 is 2.83 bits per heavy atom. The molecule has 0 aliphatic carbocycles. The van der Waals surface area contributed by atoms with Crippen LogP contribution in [0.5, 0.6) is 0 Å². The number of benzene rings is 1. The van der Waals surface area contributed by atoms with Crippen molar-refractivity contribution in [2.24, 2.45) is 0 Å².